The van der Waals surface area contributed by atoms with Crippen molar-refractivity contribution >= 4 is 23.9 Å². The summed E-state index contributed by atoms with van der Waals surface area (Å²) in [6.07, 6.45) is 8.81. The number of carbonyl (C=O) groups is 3. The van der Waals surface area contributed by atoms with Crippen molar-refractivity contribution in [2.24, 2.45) is 5.92 Å². The molecule has 1 saturated carbocycles. The summed E-state index contributed by atoms with van der Waals surface area (Å²) >= 11 is 0. The number of epoxide rings is 1. The molecule has 1 aromatic carbocycles. The van der Waals surface area contributed by atoms with Crippen molar-refractivity contribution in [1.82, 2.24) is 5.32 Å². The Kier molecular flexibility index (Phi) is 9.47. The summed E-state index contributed by atoms with van der Waals surface area (Å²) in [4.78, 5) is 38.2. The monoisotopic (exact) mass is 583 g/mol. The summed E-state index contributed by atoms with van der Waals surface area (Å²) in [5.41, 5.74) is 1.15. The lowest BCUT2D eigenvalue weighted by Gasteiger charge is -2.30. The van der Waals surface area contributed by atoms with Crippen LogP contribution in [-0.4, -0.2) is 78.5 Å². The van der Waals surface area contributed by atoms with Crippen LogP contribution in [0.15, 0.2) is 42.0 Å². The van der Waals surface area contributed by atoms with Crippen LogP contribution in [-0.2, 0) is 33.3 Å². The summed E-state index contributed by atoms with van der Waals surface area (Å²) in [6, 6.07) is 6.59. The largest absolute Gasteiger partial charge is 0.460 e. The molecular weight excluding hydrogens is 542 g/mol. The van der Waals surface area contributed by atoms with Gasteiger partial charge in [-0.3, -0.25) is 9.59 Å². The Labute approximate surface area is 246 Å². The van der Waals surface area contributed by atoms with Gasteiger partial charge in [0.2, 0.25) is 5.91 Å². The molecule has 1 aromatic rings. The fourth-order valence-electron chi connectivity index (χ4n) is 5.69. The predicted octanol–water partition coefficient (Wildman–Crippen LogP) is 3.46. The number of benzene rings is 1. The molecule has 42 heavy (non-hydrogen) atoms. The zero-order chi connectivity index (χ0) is 29.9. The van der Waals surface area contributed by atoms with Crippen molar-refractivity contribution < 1.29 is 43.2 Å². The molecule has 2 heterocycles. The van der Waals surface area contributed by atoms with Gasteiger partial charge in [0.25, 0.3) is 0 Å². The fourth-order valence-corrected chi connectivity index (χ4v) is 5.69. The minimum absolute atomic E-state index is 0.0273. The van der Waals surface area contributed by atoms with Crippen LogP contribution in [0.5, 0.6) is 0 Å². The second-order valence-corrected chi connectivity index (χ2v) is 12.5. The van der Waals surface area contributed by atoms with Crippen LogP contribution in [0.4, 0.5) is 0 Å². The van der Waals surface area contributed by atoms with Crippen molar-refractivity contribution in [3.8, 4) is 0 Å². The van der Waals surface area contributed by atoms with E-state index in [1.54, 1.807) is 39.0 Å². The number of aliphatic hydroxyl groups is 1. The highest BCUT2D eigenvalue weighted by Crippen LogP contribution is 2.40. The van der Waals surface area contributed by atoms with Crippen molar-refractivity contribution in [3.63, 3.8) is 0 Å². The van der Waals surface area contributed by atoms with Crippen LogP contribution in [0.2, 0.25) is 0 Å². The Morgan fingerprint density at radius 3 is 2.62 bits per heavy atom. The average molecular weight is 584 g/mol. The zero-order valence-electron chi connectivity index (χ0n) is 24.5. The van der Waals surface area contributed by atoms with Crippen molar-refractivity contribution in [3.05, 3.63) is 53.1 Å². The number of carbonyl (C=O) groups excluding carboxylic acids is 3. The SMILES string of the molecule is CC(C)(C)OC(=O)CCC(CO)NC(=O)C1=CC2OCOC2C(OC(=O)c2ccc(C=CC3CCC4OC4C3)cc2)C1. The Hall–Kier alpha value is -3.05. The van der Waals surface area contributed by atoms with Crippen LogP contribution in [0.3, 0.4) is 0 Å². The highest BCUT2D eigenvalue weighted by Gasteiger charge is 2.44. The lowest BCUT2D eigenvalue weighted by atomic mass is 9.89. The molecule has 0 spiro atoms. The van der Waals surface area contributed by atoms with Crippen molar-refractivity contribution in [2.45, 2.75) is 101 Å². The number of esters is 2. The van der Waals surface area contributed by atoms with Gasteiger partial charge in [-0.15, -0.1) is 0 Å². The van der Waals surface area contributed by atoms with E-state index in [0.717, 1.165) is 24.8 Å². The molecule has 0 aromatic heterocycles. The molecule has 7 atom stereocenters. The molecule has 2 N–H and O–H groups in total. The molecular formula is C32H41NO9. The van der Waals surface area contributed by atoms with Gasteiger partial charge in [0.15, 0.2) is 0 Å². The van der Waals surface area contributed by atoms with Gasteiger partial charge in [-0.25, -0.2) is 4.79 Å². The van der Waals surface area contributed by atoms with Crippen LogP contribution >= 0.6 is 0 Å². The summed E-state index contributed by atoms with van der Waals surface area (Å²) in [5.74, 6) is -0.825. The molecule has 5 rings (SSSR count). The van der Waals surface area contributed by atoms with E-state index < -0.39 is 47.8 Å². The highest BCUT2D eigenvalue weighted by molar-refractivity contribution is 5.94. The molecule has 10 heteroatoms. The van der Waals surface area contributed by atoms with Crippen LogP contribution < -0.4 is 5.32 Å². The third-order valence-corrected chi connectivity index (χ3v) is 7.97. The number of nitrogens with one attached hydrogen (secondary N) is 1. The lowest BCUT2D eigenvalue weighted by molar-refractivity contribution is -0.155. The Morgan fingerprint density at radius 2 is 1.90 bits per heavy atom. The molecule has 7 unspecified atom stereocenters. The molecule has 3 fully saturated rings. The van der Waals surface area contributed by atoms with Crippen molar-refractivity contribution in [1.29, 1.82) is 0 Å². The Balaban J connectivity index is 1.15. The van der Waals surface area contributed by atoms with Gasteiger partial charge < -0.3 is 34.1 Å². The number of aliphatic hydroxyl groups excluding tert-OH is 1. The molecule has 2 saturated heterocycles. The van der Waals surface area contributed by atoms with E-state index >= 15 is 0 Å². The van der Waals surface area contributed by atoms with E-state index in [1.165, 1.54) is 0 Å². The molecule has 0 radical (unpaired) electrons. The molecule has 228 valence electrons. The van der Waals surface area contributed by atoms with Gasteiger partial charge in [-0.2, -0.15) is 0 Å². The fraction of sp³-hybridized carbons (Fsp3) is 0.594. The molecule has 10 nitrogen and oxygen atoms in total. The van der Waals surface area contributed by atoms with E-state index in [4.69, 9.17) is 23.7 Å². The minimum Gasteiger partial charge on any atom is -0.460 e. The number of amides is 1. The summed E-state index contributed by atoms with van der Waals surface area (Å²) in [5, 5.41) is 12.6. The van der Waals surface area contributed by atoms with Gasteiger partial charge in [-0.05, 0) is 76.1 Å². The first-order chi connectivity index (χ1) is 20.1. The highest BCUT2D eigenvalue weighted by atomic mass is 16.7. The maximum atomic E-state index is 13.1. The van der Waals surface area contributed by atoms with Gasteiger partial charge in [-0.1, -0.05) is 24.3 Å². The predicted molar refractivity (Wildman–Crippen MR) is 152 cm³/mol. The van der Waals surface area contributed by atoms with E-state index in [0.29, 0.717) is 29.3 Å². The van der Waals surface area contributed by atoms with Crippen LogP contribution in [0, 0.1) is 5.92 Å². The quantitative estimate of drug-likeness (QED) is 0.314. The Bertz CT molecular complexity index is 1200. The number of rotatable bonds is 10. The van der Waals surface area contributed by atoms with Gasteiger partial charge in [0.1, 0.15) is 30.7 Å². The Morgan fingerprint density at radius 1 is 1.12 bits per heavy atom. The molecule has 4 aliphatic rings. The maximum absolute atomic E-state index is 13.1. The van der Waals surface area contributed by atoms with Gasteiger partial charge >= 0.3 is 11.9 Å². The average Bonchev–Trinajstić information content (AvgIpc) is 3.57. The molecule has 2 aliphatic carbocycles. The summed E-state index contributed by atoms with van der Waals surface area (Å²) < 4.78 is 28.0. The third-order valence-electron chi connectivity index (χ3n) is 7.97. The summed E-state index contributed by atoms with van der Waals surface area (Å²) in [6.45, 7) is 5.02. The number of hydrogen-bond acceptors (Lipinski definition) is 9. The van der Waals surface area contributed by atoms with Crippen LogP contribution in [0.1, 0.15) is 75.2 Å². The number of fused-ring (bicyclic) bond motifs is 2. The number of ether oxygens (including phenoxy) is 5. The molecule has 0 bridgehead atoms. The minimum atomic E-state index is -0.732. The first-order valence-electron chi connectivity index (χ1n) is 14.8. The van der Waals surface area contributed by atoms with E-state index in [9.17, 15) is 19.5 Å². The second kappa shape index (κ2) is 13.1. The van der Waals surface area contributed by atoms with Gasteiger partial charge in [0, 0.05) is 18.4 Å². The first kappa shape index (κ1) is 30.4. The van der Waals surface area contributed by atoms with E-state index in [-0.39, 0.29) is 32.7 Å². The standard InChI is InChI=1S/C32H41NO9/c1-32(2,3)42-28(35)13-11-23(17-34)33-30(36)22-15-26-29(39-18-38-26)27(16-22)41-31(37)21-9-6-19(7-10-21)4-5-20-8-12-24-25(14-20)40-24/h4-7,9-10,15,20,23-27,29,34H,8,11-14,16-18H2,1-3H3,(H,33,36). The van der Waals surface area contributed by atoms with E-state index in [1.807, 2.05) is 12.1 Å². The smallest absolute Gasteiger partial charge is 0.338 e. The topological polar surface area (TPSA) is 133 Å². The molecule has 1 amide bonds. The maximum Gasteiger partial charge on any atom is 0.338 e. The van der Waals surface area contributed by atoms with Crippen LogP contribution in [0.25, 0.3) is 6.08 Å². The lowest BCUT2D eigenvalue weighted by Crippen LogP contribution is -2.45. The van der Waals surface area contributed by atoms with Gasteiger partial charge in [0.05, 0.1) is 30.4 Å². The third kappa shape index (κ3) is 8.06. The first-order valence-corrected chi connectivity index (χ1v) is 14.8. The zero-order valence-corrected chi connectivity index (χ0v) is 24.5. The van der Waals surface area contributed by atoms with Crippen molar-refractivity contribution in [2.75, 3.05) is 13.4 Å². The second-order valence-electron chi connectivity index (χ2n) is 12.5. The number of allylic oxidation sites excluding steroid dienone is 1. The molecule has 2 aliphatic heterocycles. The summed E-state index contributed by atoms with van der Waals surface area (Å²) in [7, 11) is 0. The normalized spacial score (nSPS) is 29.2. The number of hydrogen-bond donors (Lipinski definition) is 2. The van der Waals surface area contributed by atoms with E-state index in [2.05, 4.69) is 17.5 Å².